The quantitative estimate of drug-likeness (QED) is 0.186. The summed E-state index contributed by atoms with van der Waals surface area (Å²) in [5, 5.41) is 5.53. The maximum absolute atomic E-state index is 14.9. The van der Waals surface area contributed by atoms with Gasteiger partial charge in [0.1, 0.15) is 17.0 Å². The van der Waals surface area contributed by atoms with Crippen LogP contribution in [0.15, 0.2) is 60.8 Å². The molecule has 2 N–H and O–H groups in total. The van der Waals surface area contributed by atoms with E-state index < -0.39 is 40.4 Å². The highest BCUT2D eigenvalue weighted by atomic mass is 127. The molecule has 1 aromatic heterocycles. The number of aryl methyl sites for hydroxylation is 1. The number of nitrogens with one attached hydrogen (secondary N) is 2. The first-order valence-corrected chi connectivity index (χ1v) is 12.3. The van der Waals surface area contributed by atoms with E-state index in [9.17, 15) is 22.8 Å². The van der Waals surface area contributed by atoms with Crippen LogP contribution in [0.1, 0.15) is 18.4 Å². The van der Waals surface area contributed by atoms with E-state index in [2.05, 4.69) is 38.2 Å². The van der Waals surface area contributed by atoms with Crippen LogP contribution in [0.5, 0.6) is 11.5 Å². The molecule has 1 aliphatic carbocycles. The Hall–Kier alpha value is -3.67. The summed E-state index contributed by atoms with van der Waals surface area (Å²) in [6, 6.07) is 12.0. The molecule has 0 unspecified atom stereocenters. The van der Waals surface area contributed by atoms with Crippen molar-refractivity contribution in [2.75, 3.05) is 10.6 Å². The van der Waals surface area contributed by atoms with Gasteiger partial charge in [-0.05, 0) is 90.4 Å². The highest BCUT2D eigenvalue weighted by Crippen LogP contribution is 2.48. The van der Waals surface area contributed by atoms with Gasteiger partial charge in [0, 0.05) is 33.0 Å². The Balaban J connectivity index is 1.34. The SMILES string of the molecule is Cc1cc2c(Oc3cc(F)c(NC(=O)C4(C(=O)Nc5ccc(F)cc5)CC4)cc3F)ccnc2cc1I. The molecule has 3 aromatic carbocycles. The third-order valence-corrected chi connectivity index (χ3v) is 7.36. The molecular weight excluding hydrogens is 598 g/mol. The van der Waals surface area contributed by atoms with Crippen LogP contribution in [0.2, 0.25) is 0 Å². The van der Waals surface area contributed by atoms with E-state index in [0.717, 1.165) is 21.3 Å². The topological polar surface area (TPSA) is 80.3 Å². The van der Waals surface area contributed by atoms with Crippen molar-refractivity contribution in [3.05, 3.63) is 87.4 Å². The van der Waals surface area contributed by atoms with Crippen LogP contribution in [0, 0.1) is 33.4 Å². The zero-order valence-corrected chi connectivity index (χ0v) is 21.5. The Bertz CT molecular complexity index is 1560. The molecule has 5 rings (SSSR count). The molecule has 0 saturated heterocycles. The van der Waals surface area contributed by atoms with Gasteiger partial charge in [-0.2, -0.15) is 0 Å². The fourth-order valence-electron chi connectivity index (χ4n) is 3.87. The largest absolute Gasteiger partial charge is 0.453 e. The van der Waals surface area contributed by atoms with Crippen LogP contribution in [0.3, 0.4) is 0 Å². The molecule has 188 valence electrons. The van der Waals surface area contributed by atoms with E-state index >= 15 is 0 Å². The molecule has 0 aliphatic heterocycles. The summed E-state index contributed by atoms with van der Waals surface area (Å²) in [5.74, 6) is -3.73. The smallest absolute Gasteiger partial charge is 0.240 e. The summed E-state index contributed by atoms with van der Waals surface area (Å²) in [4.78, 5) is 29.9. The molecule has 2 amide bonds. The normalized spacial score (nSPS) is 13.8. The standard InChI is InChI=1S/C27H19F3IN3O3/c1-14-10-17-21(13-20(14)31)32-9-6-23(17)37-24-12-18(29)22(11-19(24)30)34-26(36)27(7-8-27)25(35)33-16-4-2-15(28)3-5-16/h2-6,9-13H,7-8H2,1H3,(H,33,35)(H,34,36). The van der Waals surface area contributed by atoms with Crippen molar-refractivity contribution in [1.82, 2.24) is 4.98 Å². The second-order valence-electron chi connectivity index (χ2n) is 8.79. The van der Waals surface area contributed by atoms with E-state index in [-0.39, 0.29) is 18.6 Å². The lowest BCUT2D eigenvalue weighted by Crippen LogP contribution is -2.35. The lowest BCUT2D eigenvalue weighted by Gasteiger charge is -2.17. The Morgan fingerprint density at radius 2 is 1.62 bits per heavy atom. The molecule has 37 heavy (non-hydrogen) atoms. The van der Waals surface area contributed by atoms with E-state index in [0.29, 0.717) is 22.3 Å². The Morgan fingerprint density at radius 3 is 2.32 bits per heavy atom. The van der Waals surface area contributed by atoms with Gasteiger partial charge < -0.3 is 15.4 Å². The first kappa shape index (κ1) is 25.0. The number of aromatic nitrogens is 1. The third kappa shape index (κ3) is 4.97. The van der Waals surface area contributed by atoms with Crippen molar-refractivity contribution in [2.24, 2.45) is 5.41 Å². The van der Waals surface area contributed by atoms with Gasteiger partial charge in [0.2, 0.25) is 11.8 Å². The molecule has 1 fully saturated rings. The summed E-state index contributed by atoms with van der Waals surface area (Å²) in [6.07, 6.45) is 1.99. The number of carbonyl (C=O) groups excluding carboxylic acids is 2. The van der Waals surface area contributed by atoms with Gasteiger partial charge in [-0.25, -0.2) is 13.2 Å². The molecule has 4 aromatic rings. The number of carbonyl (C=O) groups is 2. The van der Waals surface area contributed by atoms with Crippen LogP contribution in [0.4, 0.5) is 24.5 Å². The third-order valence-electron chi connectivity index (χ3n) is 6.19. The summed E-state index contributed by atoms with van der Waals surface area (Å²) >= 11 is 2.19. The first-order valence-electron chi connectivity index (χ1n) is 11.3. The lowest BCUT2D eigenvalue weighted by atomic mass is 10.0. The number of rotatable bonds is 6. The molecular formula is C27H19F3IN3O3. The average molecular weight is 617 g/mol. The maximum atomic E-state index is 14.9. The second-order valence-corrected chi connectivity index (χ2v) is 9.95. The zero-order chi connectivity index (χ0) is 26.3. The number of nitrogens with zero attached hydrogens (tertiary/aromatic N) is 1. The van der Waals surface area contributed by atoms with E-state index in [1.165, 1.54) is 30.5 Å². The molecule has 1 saturated carbocycles. The van der Waals surface area contributed by atoms with Gasteiger partial charge in [-0.1, -0.05) is 0 Å². The molecule has 0 radical (unpaired) electrons. The minimum Gasteiger partial charge on any atom is -0.453 e. The monoisotopic (exact) mass is 617 g/mol. The summed E-state index contributed by atoms with van der Waals surface area (Å²) in [6.45, 7) is 1.92. The van der Waals surface area contributed by atoms with Crippen molar-refractivity contribution in [1.29, 1.82) is 0 Å². The van der Waals surface area contributed by atoms with Crippen molar-refractivity contribution in [3.8, 4) is 11.5 Å². The van der Waals surface area contributed by atoms with Crippen LogP contribution < -0.4 is 15.4 Å². The number of hydrogen-bond acceptors (Lipinski definition) is 4. The van der Waals surface area contributed by atoms with Gasteiger partial charge in [-0.15, -0.1) is 0 Å². The molecule has 0 bridgehead atoms. The number of benzene rings is 3. The van der Waals surface area contributed by atoms with Crippen LogP contribution in [-0.2, 0) is 9.59 Å². The molecule has 1 heterocycles. The lowest BCUT2D eigenvalue weighted by molar-refractivity contribution is -0.131. The number of ether oxygens (including phenoxy) is 1. The first-order chi connectivity index (χ1) is 17.7. The molecule has 0 spiro atoms. The summed E-state index contributed by atoms with van der Waals surface area (Å²) in [7, 11) is 0. The van der Waals surface area contributed by atoms with Crippen LogP contribution in [-0.4, -0.2) is 16.8 Å². The number of anilines is 2. The fraction of sp³-hybridized carbons (Fsp3) is 0.148. The van der Waals surface area contributed by atoms with Crippen LogP contribution >= 0.6 is 22.6 Å². The number of hydrogen-bond donors (Lipinski definition) is 2. The number of pyridine rings is 1. The summed E-state index contributed by atoms with van der Waals surface area (Å²) < 4.78 is 49.6. The van der Waals surface area contributed by atoms with E-state index in [1.54, 1.807) is 6.07 Å². The number of halogens is 4. The second kappa shape index (κ2) is 9.66. The predicted molar refractivity (Wildman–Crippen MR) is 141 cm³/mol. The number of amides is 2. The Morgan fingerprint density at radius 1 is 0.919 bits per heavy atom. The Labute approximate surface area is 223 Å². The van der Waals surface area contributed by atoms with Crippen molar-refractivity contribution < 1.29 is 27.5 Å². The predicted octanol–water partition coefficient (Wildman–Crippen LogP) is 6.71. The van der Waals surface area contributed by atoms with Gasteiger partial charge in [0.05, 0.1) is 11.2 Å². The molecule has 0 atom stereocenters. The van der Waals surface area contributed by atoms with Gasteiger partial charge in [0.25, 0.3) is 0 Å². The minimum absolute atomic E-state index is 0.241. The van der Waals surface area contributed by atoms with Crippen molar-refractivity contribution >= 4 is 56.7 Å². The highest BCUT2D eigenvalue weighted by molar-refractivity contribution is 14.1. The van der Waals surface area contributed by atoms with E-state index in [4.69, 9.17) is 4.74 Å². The van der Waals surface area contributed by atoms with Gasteiger partial charge in [0.15, 0.2) is 17.4 Å². The zero-order valence-electron chi connectivity index (χ0n) is 19.4. The fourth-order valence-corrected chi connectivity index (χ4v) is 4.32. The highest BCUT2D eigenvalue weighted by Gasteiger charge is 2.56. The Kier molecular flexibility index (Phi) is 6.52. The number of fused-ring (bicyclic) bond motifs is 1. The minimum atomic E-state index is -1.42. The van der Waals surface area contributed by atoms with Crippen molar-refractivity contribution in [2.45, 2.75) is 19.8 Å². The van der Waals surface area contributed by atoms with E-state index in [1.807, 2.05) is 19.1 Å². The summed E-state index contributed by atoms with van der Waals surface area (Å²) in [5.41, 5.74) is 0.107. The van der Waals surface area contributed by atoms with Gasteiger partial charge in [-0.3, -0.25) is 14.6 Å². The maximum Gasteiger partial charge on any atom is 0.240 e. The van der Waals surface area contributed by atoms with Crippen molar-refractivity contribution in [3.63, 3.8) is 0 Å². The van der Waals surface area contributed by atoms with Crippen LogP contribution in [0.25, 0.3) is 10.9 Å². The van der Waals surface area contributed by atoms with Gasteiger partial charge >= 0.3 is 0 Å². The molecule has 6 nitrogen and oxygen atoms in total. The molecule has 10 heteroatoms. The molecule has 1 aliphatic rings. The average Bonchev–Trinajstić information content (AvgIpc) is 3.67.